The first-order valence-corrected chi connectivity index (χ1v) is 9.02. The predicted molar refractivity (Wildman–Crippen MR) is 95.8 cm³/mol. The number of carboxylic acids is 1. The maximum absolute atomic E-state index is 13.8. The molecule has 0 saturated carbocycles. The molecule has 0 unspecified atom stereocenters. The van der Waals surface area contributed by atoms with Crippen LogP contribution in [0.25, 0.3) is 0 Å². The Hall–Kier alpha value is -4.63. The minimum absolute atomic E-state index is 0.301. The Morgan fingerprint density at radius 3 is 0.973 bits per heavy atom. The number of ether oxygens (including phenoxy) is 2. The summed E-state index contributed by atoms with van der Waals surface area (Å²) in [7, 11) is 0. The molecule has 0 aliphatic heterocycles. The minimum Gasteiger partial charge on any atom is -0.478 e. The molecule has 1 N–H and O–H groups in total. The van der Waals surface area contributed by atoms with E-state index in [4.69, 9.17) is 5.11 Å². The van der Waals surface area contributed by atoms with Gasteiger partial charge in [-0.3, -0.25) is 0 Å². The highest BCUT2D eigenvalue weighted by atomic mass is 19.2. The first kappa shape index (κ1) is 27.0. The highest BCUT2D eigenvalue weighted by Crippen LogP contribution is 2.31. The standard InChI is InChI=1S/C21H4F10O6/c22-7-9(24)13(28)17(14(29)10(7)25)36-20(34)5-1-4(19(32)33)2-6(3-5)21(35)37-18-15(30)11(26)8(23)12(27)16(18)31/h1-3H,(H,32,33). The van der Waals surface area contributed by atoms with Crippen LogP contribution in [0, 0.1) is 58.2 Å². The summed E-state index contributed by atoms with van der Waals surface area (Å²) in [5.74, 6) is -35.7. The van der Waals surface area contributed by atoms with Gasteiger partial charge in [-0.2, -0.15) is 17.6 Å². The zero-order chi connectivity index (χ0) is 27.9. The summed E-state index contributed by atoms with van der Waals surface area (Å²) in [6.45, 7) is 0. The van der Waals surface area contributed by atoms with Crippen LogP contribution in [0.1, 0.15) is 31.1 Å². The minimum atomic E-state index is -2.60. The molecule has 0 aromatic heterocycles. The van der Waals surface area contributed by atoms with Gasteiger partial charge in [0, 0.05) is 0 Å². The molecular formula is C21H4F10O6. The van der Waals surface area contributed by atoms with Crippen LogP contribution in [0.2, 0.25) is 0 Å². The Kier molecular flexibility index (Phi) is 7.13. The molecule has 37 heavy (non-hydrogen) atoms. The predicted octanol–water partition coefficient (Wildman–Crippen LogP) is 5.21. The van der Waals surface area contributed by atoms with Crippen LogP contribution >= 0.6 is 0 Å². The van der Waals surface area contributed by atoms with Gasteiger partial charge in [0.15, 0.2) is 0 Å². The van der Waals surface area contributed by atoms with E-state index in [2.05, 4.69) is 9.47 Å². The molecule has 0 fully saturated rings. The van der Waals surface area contributed by atoms with E-state index in [1.807, 2.05) is 0 Å². The molecule has 0 aliphatic rings. The second-order valence-electron chi connectivity index (χ2n) is 6.68. The molecule has 6 nitrogen and oxygen atoms in total. The summed E-state index contributed by atoms with van der Waals surface area (Å²) in [6.07, 6.45) is 0. The lowest BCUT2D eigenvalue weighted by atomic mass is 10.1. The highest BCUT2D eigenvalue weighted by Gasteiger charge is 2.31. The van der Waals surface area contributed by atoms with Crippen molar-refractivity contribution in [1.29, 1.82) is 0 Å². The van der Waals surface area contributed by atoms with Gasteiger partial charge in [-0.15, -0.1) is 0 Å². The zero-order valence-corrected chi connectivity index (χ0v) is 17.0. The third kappa shape index (κ3) is 4.76. The lowest BCUT2D eigenvalue weighted by molar-refractivity contribution is 0.0696. The van der Waals surface area contributed by atoms with E-state index in [1.165, 1.54) is 0 Å². The first-order valence-electron chi connectivity index (χ1n) is 9.02. The molecule has 3 aromatic rings. The van der Waals surface area contributed by atoms with Gasteiger partial charge in [0.25, 0.3) is 0 Å². The number of rotatable bonds is 5. The molecule has 0 bridgehead atoms. The molecule has 0 heterocycles. The van der Waals surface area contributed by atoms with E-state index < -0.39 is 104 Å². The van der Waals surface area contributed by atoms with Gasteiger partial charge >= 0.3 is 17.9 Å². The Labute approximate surface area is 196 Å². The van der Waals surface area contributed by atoms with Gasteiger partial charge < -0.3 is 14.6 Å². The number of hydrogen-bond acceptors (Lipinski definition) is 5. The monoisotopic (exact) mass is 542 g/mol. The van der Waals surface area contributed by atoms with Crippen LogP contribution in [0.5, 0.6) is 11.5 Å². The van der Waals surface area contributed by atoms with Gasteiger partial charge in [-0.25, -0.2) is 40.7 Å². The molecule has 0 amide bonds. The molecule has 3 aromatic carbocycles. The van der Waals surface area contributed by atoms with Crippen molar-refractivity contribution in [2.75, 3.05) is 0 Å². The van der Waals surface area contributed by atoms with Crippen molar-refractivity contribution in [3.63, 3.8) is 0 Å². The van der Waals surface area contributed by atoms with Crippen LogP contribution in [-0.4, -0.2) is 23.0 Å². The number of halogens is 10. The fourth-order valence-electron chi connectivity index (χ4n) is 2.64. The van der Waals surface area contributed by atoms with Gasteiger partial charge in [0.2, 0.25) is 69.7 Å². The van der Waals surface area contributed by atoms with Crippen molar-refractivity contribution < 1.29 is 72.9 Å². The van der Waals surface area contributed by atoms with Crippen molar-refractivity contribution in [3.8, 4) is 11.5 Å². The summed E-state index contributed by atoms with van der Waals surface area (Å²) in [5.41, 5.74) is -3.24. The summed E-state index contributed by atoms with van der Waals surface area (Å²) >= 11 is 0. The summed E-state index contributed by atoms with van der Waals surface area (Å²) in [5, 5.41) is 9.13. The van der Waals surface area contributed by atoms with E-state index in [0.29, 0.717) is 18.2 Å². The molecule has 0 atom stereocenters. The Bertz CT molecular complexity index is 1340. The molecule has 3 rings (SSSR count). The largest absolute Gasteiger partial charge is 0.478 e. The topological polar surface area (TPSA) is 89.9 Å². The van der Waals surface area contributed by atoms with Gasteiger partial charge in [0.1, 0.15) is 0 Å². The fourth-order valence-corrected chi connectivity index (χ4v) is 2.64. The summed E-state index contributed by atoms with van der Waals surface area (Å²) in [4.78, 5) is 35.8. The van der Waals surface area contributed by atoms with Crippen LogP contribution < -0.4 is 9.47 Å². The van der Waals surface area contributed by atoms with Gasteiger partial charge in [-0.05, 0) is 18.2 Å². The maximum atomic E-state index is 13.8. The van der Waals surface area contributed by atoms with Gasteiger partial charge in [-0.1, -0.05) is 0 Å². The molecule has 194 valence electrons. The average molecular weight is 542 g/mol. The number of esters is 2. The Balaban J connectivity index is 2.05. The second-order valence-corrected chi connectivity index (χ2v) is 6.68. The quantitative estimate of drug-likeness (QED) is 0.157. The molecular weight excluding hydrogens is 538 g/mol. The molecule has 0 radical (unpaired) electrons. The van der Waals surface area contributed by atoms with E-state index in [1.54, 1.807) is 0 Å². The molecule has 0 saturated heterocycles. The van der Waals surface area contributed by atoms with Crippen molar-refractivity contribution in [3.05, 3.63) is 93.1 Å². The fraction of sp³-hybridized carbons (Fsp3) is 0. The number of carbonyl (C=O) groups excluding carboxylic acids is 2. The Morgan fingerprint density at radius 1 is 0.459 bits per heavy atom. The van der Waals surface area contributed by atoms with Crippen LogP contribution in [0.3, 0.4) is 0 Å². The average Bonchev–Trinajstić information content (AvgIpc) is 2.88. The molecule has 16 heteroatoms. The Morgan fingerprint density at radius 2 is 0.703 bits per heavy atom. The first-order chi connectivity index (χ1) is 17.2. The van der Waals surface area contributed by atoms with Crippen LogP contribution in [0.15, 0.2) is 18.2 Å². The normalized spacial score (nSPS) is 10.9. The summed E-state index contributed by atoms with van der Waals surface area (Å²) in [6, 6.07) is 1.06. The third-order valence-corrected chi connectivity index (χ3v) is 4.38. The number of carboxylic acid groups (broad SMARTS) is 1. The lowest BCUT2D eigenvalue weighted by Gasteiger charge is -2.11. The van der Waals surface area contributed by atoms with E-state index in [-0.39, 0.29) is 0 Å². The van der Waals surface area contributed by atoms with Gasteiger partial charge in [0.05, 0.1) is 16.7 Å². The maximum Gasteiger partial charge on any atom is 0.343 e. The van der Waals surface area contributed by atoms with Crippen molar-refractivity contribution in [1.82, 2.24) is 0 Å². The second kappa shape index (κ2) is 9.79. The SMILES string of the molecule is O=C(O)c1cc(C(=O)Oc2c(F)c(F)c(F)c(F)c2F)cc(C(=O)Oc2c(F)c(F)c(F)c(F)c2F)c1. The van der Waals surface area contributed by atoms with Crippen LogP contribution in [-0.2, 0) is 0 Å². The lowest BCUT2D eigenvalue weighted by Crippen LogP contribution is -2.18. The van der Waals surface area contributed by atoms with E-state index in [0.717, 1.165) is 0 Å². The number of benzene rings is 3. The van der Waals surface area contributed by atoms with Crippen LogP contribution in [0.4, 0.5) is 43.9 Å². The van der Waals surface area contributed by atoms with Crippen molar-refractivity contribution in [2.45, 2.75) is 0 Å². The third-order valence-electron chi connectivity index (χ3n) is 4.38. The molecule has 0 aliphatic carbocycles. The number of carbonyl (C=O) groups is 3. The highest BCUT2D eigenvalue weighted by molar-refractivity contribution is 6.01. The van der Waals surface area contributed by atoms with E-state index >= 15 is 0 Å². The van der Waals surface area contributed by atoms with Crippen molar-refractivity contribution in [2.24, 2.45) is 0 Å². The van der Waals surface area contributed by atoms with E-state index in [9.17, 15) is 58.3 Å². The smallest absolute Gasteiger partial charge is 0.343 e. The summed E-state index contributed by atoms with van der Waals surface area (Å²) < 4.78 is 143. The number of hydrogen-bond donors (Lipinski definition) is 1. The molecule has 0 spiro atoms. The van der Waals surface area contributed by atoms with Crippen molar-refractivity contribution >= 4 is 17.9 Å². The number of aromatic carboxylic acids is 1. The zero-order valence-electron chi connectivity index (χ0n) is 17.0.